The topological polar surface area (TPSA) is 77.9 Å². The number of rotatable bonds is 5. The zero-order chi connectivity index (χ0) is 20.7. The number of hydrogen-bond donors (Lipinski definition) is 1. The van der Waals surface area contributed by atoms with Gasteiger partial charge in [-0.25, -0.2) is 4.90 Å². The molecular formula is C23H22N2O4. The van der Waals surface area contributed by atoms with Crippen LogP contribution >= 0.6 is 0 Å². The molecule has 6 heteroatoms. The molecule has 2 aromatic rings. The van der Waals surface area contributed by atoms with Crippen LogP contribution < -0.4 is 4.90 Å². The quantitative estimate of drug-likeness (QED) is 0.482. The fourth-order valence-corrected chi connectivity index (χ4v) is 4.61. The second-order valence-electron chi connectivity index (χ2n) is 7.57. The van der Waals surface area contributed by atoms with E-state index in [2.05, 4.69) is 6.58 Å². The summed E-state index contributed by atoms with van der Waals surface area (Å²) >= 11 is 0. The number of nitrogens with zero attached hydrogens (tertiary/aromatic N) is 2. The molecule has 0 unspecified atom stereocenters. The SMILES string of the molecule is C=C[C@H]1[C@@H]2C(=O)N(c3ccccc3O)C(=O)[C@@H]2[C@@H](C=O)N1Cc1cccc(C)c1. The molecule has 2 heterocycles. The van der Waals surface area contributed by atoms with Gasteiger partial charge in [-0.1, -0.05) is 48.0 Å². The van der Waals surface area contributed by atoms with E-state index in [9.17, 15) is 19.5 Å². The van der Waals surface area contributed by atoms with Gasteiger partial charge < -0.3 is 9.90 Å². The van der Waals surface area contributed by atoms with E-state index in [1.165, 1.54) is 12.1 Å². The van der Waals surface area contributed by atoms with Gasteiger partial charge in [-0.15, -0.1) is 6.58 Å². The van der Waals surface area contributed by atoms with E-state index in [4.69, 9.17) is 0 Å². The van der Waals surface area contributed by atoms with Gasteiger partial charge in [0.15, 0.2) is 0 Å². The second kappa shape index (κ2) is 7.29. The zero-order valence-electron chi connectivity index (χ0n) is 16.1. The Labute approximate surface area is 169 Å². The molecule has 2 fully saturated rings. The summed E-state index contributed by atoms with van der Waals surface area (Å²) < 4.78 is 0. The number of likely N-dealkylation sites (tertiary alicyclic amines) is 1. The highest BCUT2D eigenvalue weighted by Gasteiger charge is 2.61. The number of aromatic hydroxyl groups is 1. The van der Waals surface area contributed by atoms with Crippen molar-refractivity contribution in [3.63, 3.8) is 0 Å². The van der Waals surface area contributed by atoms with Gasteiger partial charge >= 0.3 is 0 Å². The predicted octanol–water partition coefficient (Wildman–Crippen LogP) is 2.44. The van der Waals surface area contributed by atoms with Gasteiger partial charge in [-0.05, 0) is 24.6 Å². The maximum absolute atomic E-state index is 13.2. The van der Waals surface area contributed by atoms with Crippen LogP contribution in [0, 0.1) is 18.8 Å². The van der Waals surface area contributed by atoms with Crippen molar-refractivity contribution in [3.8, 4) is 5.75 Å². The van der Waals surface area contributed by atoms with Crippen LogP contribution in [0.1, 0.15) is 11.1 Å². The third kappa shape index (κ3) is 2.96. The minimum atomic E-state index is -0.799. The van der Waals surface area contributed by atoms with Crippen LogP contribution in [0.25, 0.3) is 0 Å². The third-order valence-corrected chi connectivity index (χ3v) is 5.85. The largest absolute Gasteiger partial charge is 0.506 e. The van der Waals surface area contributed by atoms with Crippen molar-refractivity contribution in [1.82, 2.24) is 4.90 Å². The maximum Gasteiger partial charge on any atom is 0.239 e. The molecule has 2 aliphatic heterocycles. The molecule has 0 aromatic heterocycles. The Kier molecular flexibility index (Phi) is 4.80. The summed E-state index contributed by atoms with van der Waals surface area (Å²) in [6, 6.07) is 12.9. The minimum absolute atomic E-state index is 0.148. The number of hydrogen-bond acceptors (Lipinski definition) is 5. The van der Waals surface area contributed by atoms with Crippen LogP contribution in [0.5, 0.6) is 5.75 Å². The van der Waals surface area contributed by atoms with Crippen molar-refractivity contribution in [3.05, 3.63) is 72.3 Å². The molecule has 0 radical (unpaired) electrons. The number of aldehydes is 1. The average Bonchev–Trinajstić information content (AvgIpc) is 3.14. The van der Waals surface area contributed by atoms with E-state index in [-0.39, 0.29) is 11.4 Å². The normalized spacial score (nSPS) is 26.6. The number of aryl methyl sites for hydroxylation is 1. The molecular weight excluding hydrogens is 368 g/mol. The Morgan fingerprint density at radius 1 is 1.03 bits per heavy atom. The molecule has 4 rings (SSSR count). The number of carbonyl (C=O) groups excluding carboxylic acids is 3. The lowest BCUT2D eigenvalue weighted by Crippen LogP contribution is -2.44. The van der Waals surface area contributed by atoms with Gasteiger partial charge in [-0.3, -0.25) is 14.5 Å². The second-order valence-corrected chi connectivity index (χ2v) is 7.57. The van der Waals surface area contributed by atoms with Gasteiger partial charge in [0, 0.05) is 12.6 Å². The van der Waals surface area contributed by atoms with Crippen LogP contribution in [0.15, 0.2) is 61.2 Å². The molecule has 0 saturated carbocycles. The summed E-state index contributed by atoms with van der Waals surface area (Å²) in [5.41, 5.74) is 2.24. The molecule has 29 heavy (non-hydrogen) atoms. The monoisotopic (exact) mass is 390 g/mol. The Morgan fingerprint density at radius 3 is 2.34 bits per heavy atom. The predicted molar refractivity (Wildman–Crippen MR) is 108 cm³/mol. The summed E-state index contributed by atoms with van der Waals surface area (Å²) in [5.74, 6) is -2.53. The fourth-order valence-electron chi connectivity index (χ4n) is 4.61. The van der Waals surface area contributed by atoms with E-state index in [1.807, 2.05) is 36.1 Å². The summed E-state index contributed by atoms with van der Waals surface area (Å²) in [5, 5.41) is 10.1. The molecule has 6 nitrogen and oxygen atoms in total. The number of anilines is 1. The third-order valence-electron chi connectivity index (χ3n) is 5.85. The highest BCUT2D eigenvalue weighted by molar-refractivity contribution is 6.24. The standard InChI is InChI=1S/C23H22N2O4/c1-3-16-20-21(18(13-26)24(16)12-15-8-6-7-14(2)11-15)23(29)25(22(20)28)17-9-4-5-10-19(17)27/h3-11,13,16,18,20-21,27H,1,12H2,2H3/t16-,18+,20-,21+/m0/s1. The molecule has 2 aliphatic rings. The molecule has 0 aliphatic carbocycles. The molecule has 0 spiro atoms. The minimum Gasteiger partial charge on any atom is -0.506 e. The first-order valence-electron chi connectivity index (χ1n) is 9.53. The molecule has 2 amide bonds. The first-order chi connectivity index (χ1) is 14.0. The van der Waals surface area contributed by atoms with Gasteiger partial charge in [0.25, 0.3) is 0 Å². The summed E-state index contributed by atoms with van der Waals surface area (Å²) in [6.07, 6.45) is 2.38. The van der Waals surface area contributed by atoms with Crippen molar-refractivity contribution in [1.29, 1.82) is 0 Å². The van der Waals surface area contributed by atoms with E-state index in [1.54, 1.807) is 18.2 Å². The molecule has 148 valence electrons. The lowest BCUT2D eigenvalue weighted by molar-refractivity contribution is -0.126. The summed E-state index contributed by atoms with van der Waals surface area (Å²) in [7, 11) is 0. The molecule has 0 bridgehead atoms. The Morgan fingerprint density at radius 2 is 1.72 bits per heavy atom. The highest BCUT2D eigenvalue weighted by atomic mass is 16.3. The first-order valence-corrected chi connectivity index (χ1v) is 9.53. The van der Waals surface area contributed by atoms with Crippen molar-refractivity contribution in [2.75, 3.05) is 4.90 Å². The molecule has 1 N–H and O–H groups in total. The van der Waals surface area contributed by atoms with Crippen LogP contribution in [-0.4, -0.2) is 40.2 Å². The lowest BCUT2D eigenvalue weighted by atomic mass is 9.90. The fraction of sp³-hybridized carbons (Fsp3) is 0.261. The zero-order valence-corrected chi connectivity index (χ0v) is 16.1. The van der Waals surface area contributed by atoms with E-state index in [0.717, 1.165) is 22.3 Å². The van der Waals surface area contributed by atoms with Gasteiger partial charge in [0.1, 0.15) is 12.0 Å². The van der Waals surface area contributed by atoms with Crippen LogP contribution in [0.2, 0.25) is 0 Å². The Bertz CT molecular complexity index is 968. The molecule has 2 saturated heterocycles. The van der Waals surface area contributed by atoms with Gasteiger partial charge in [0.05, 0.1) is 23.6 Å². The van der Waals surface area contributed by atoms with Crippen LogP contribution in [-0.2, 0) is 20.9 Å². The number of carbonyl (C=O) groups is 3. The average molecular weight is 390 g/mol. The molecule has 2 aromatic carbocycles. The van der Waals surface area contributed by atoms with Crippen LogP contribution in [0.3, 0.4) is 0 Å². The number of benzene rings is 2. The summed E-state index contributed by atoms with van der Waals surface area (Å²) in [4.78, 5) is 41.4. The van der Waals surface area contributed by atoms with Gasteiger partial charge in [0.2, 0.25) is 11.8 Å². The van der Waals surface area contributed by atoms with Gasteiger partial charge in [-0.2, -0.15) is 0 Å². The number of phenolic OH excluding ortho intramolecular Hbond substituents is 1. The van der Waals surface area contributed by atoms with Crippen molar-refractivity contribution >= 4 is 23.8 Å². The van der Waals surface area contributed by atoms with Crippen molar-refractivity contribution < 1.29 is 19.5 Å². The number of para-hydroxylation sites is 2. The molecule has 4 atom stereocenters. The maximum atomic E-state index is 13.2. The van der Waals surface area contributed by atoms with E-state index >= 15 is 0 Å². The smallest absolute Gasteiger partial charge is 0.239 e. The first kappa shape index (κ1) is 19.1. The Balaban J connectivity index is 1.71. The number of imide groups is 1. The van der Waals surface area contributed by atoms with Crippen LogP contribution in [0.4, 0.5) is 5.69 Å². The number of fused-ring (bicyclic) bond motifs is 1. The lowest BCUT2D eigenvalue weighted by Gasteiger charge is -2.29. The highest BCUT2D eigenvalue weighted by Crippen LogP contribution is 2.45. The number of amides is 2. The van der Waals surface area contributed by atoms with E-state index < -0.39 is 35.7 Å². The van der Waals surface area contributed by atoms with Crippen molar-refractivity contribution in [2.45, 2.75) is 25.6 Å². The Hall–Kier alpha value is -3.25. The summed E-state index contributed by atoms with van der Waals surface area (Å²) in [6.45, 7) is 6.29. The van der Waals surface area contributed by atoms with Crippen molar-refractivity contribution in [2.24, 2.45) is 11.8 Å². The van der Waals surface area contributed by atoms with E-state index in [0.29, 0.717) is 6.54 Å². The number of phenols is 1.